The van der Waals surface area contributed by atoms with Crippen molar-refractivity contribution in [2.75, 3.05) is 13.2 Å². The molecule has 0 aliphatic rings. The Morgan fingerprint density at radius 1 is 0.679 bits per heavy atom. The van der Waals surface area contributed by atoms with Gasteiger partial charge in [0, 0.05) is 0 Å². The third-order valence-electron chi connectivity index (χ3n) is 2.84. The van der Waals surface area contributed by atoms with E-state index in [1.807, 2.05) is 0 Å². The molecule has 0 radical (unpaired) electrons. The zero-order chi connectivity index (χ0) is 22.6. The first-order valence-corrected chi connectivity index (χ1v) is 6.77. The molecule has 0 unspecified atom stereocenters. The molecule has 0 saturated heterocycles. The van der Waals surface area contributed by atoms with Gasteiger partial charge >= 0.3 is 48.5 Å². The van der Waals surface area contributed by atoms with Gasteiger partial charge in [0.25, 0.3) is 0 Å². The van der Waals surface area contributed by atoms with Crippen molar-refractivity contribution in [3.05, 3.63) is 0 Å². The summed E-state index contributed by atoms with van der Waals surface area (Å²) < 4.78 is 156. The van der Waals surface area contributed by atoms with E-state index in [0.717, 1.165) is 0 Å². The van der Waals surface area contributed by atoms with Crippen molar-refractivity contribution in [1.82, 2.24) is 0 Å². The van der Waals surface area contributed by atoms with Gasteiger partial charge in [0.2, 0.25) is 0 Å². The lowest BCUT2D eigenvalue weighted by atomic mass is 10.1. The smallest absolute Gasteiger partial charge is 0.381 e. The zero-order valence-electron chi connectivity index (χ0n) is 13.2. The molecule has 0 fully saturated rings. The third kappa shape index (κ3) is 6.32. The summed E-state index contributed by atoms with van der Waals surface area (Å²) >= 11 is 0. The summed E-state index contributed by atoms with van der Waals surface area (Å²) in [5, 5.41) is 0. The fraction of sp³-hybridized carbons (Fsp3) is 0.833. The average Bonchev–Trinajstić information content (AvgIpc) is 2.55. The van der Waals surface area contributed by atoms with E-state index in [-0.39, 0.29) is 0 Å². The lowest BCUT2D eigenvalue weighted by molar-refractivity contribution is -0.344. The quantitative estimate of drug-likeness (QED) is 0.357. The molecule has 16 heteroatoms. The molecule has 0 saturated carbocycles. The molecule has 0 spiro atoms. The van der Waals surface area contributed by atoms with E-state index in [4.69, 9.17) is 0 Å². The number of alkyl halides is 12. The van der Waals surface area contributed by atoms with Gasteiger partial charge in [-0.05, 0) is 0 Å². The van der Waals surface area contributed by atoms with Crippen LogP contribution in [0.25, 0.3) is 0 Å². The fourth-order valence-corrected chi connectivity index (χ4v) is 1.23. The number of rotatable bonds is 11. The third-order valence-corrected chi connectivity index (χ3v) is 2.84. The highest BCUT2D eigenvalue weighted by molar-refractivity contribution is 5.77. The van der Waals surface area contributed by atoms with Crippen LogP contribution in [0.2, 0.25) is 0 Å². The minimum Gasteiger partial charge on any atom is -0.459 e. The normalized spacial score (nSPS) is 13.8. The van der Waals surface area contributed by atoms with Crippen LogP contribution in [0.3, 0.4) is 0 Å². The van der Waals surface area contributed by atoms with Crippen molar-refractivity contribution < 1.29 is 71.7 Å². The molecule has 0 aromatic rings. The number of carbonyl (C=O) groups excluding carboxylic acids is 2. The predicted molar refractivity (Wildman–Crippen MR) is 62.9 cm³/mol. The summed E-state index contributed by atoms with van der Waals surface area (Å²) in [6.45, 7) is -4.87. The summed E-state index contributed by atoms with van der Waals surface area (Å²) in [4.78, 5) is 21.9. The molecular weight excluding hydrogens is 436 g/mol. The standard InChI is InChI=1S/C12H10F12O4/c13-7(14)9(17,18)3-27-5(25)1-2-6(26)28-4-10(19,20)12(23,24)11(21,22)8(15)16/h7-8H,1-4H2. The molecule has 0 aromatic carbocycles. The van der Waals surface area contributed by atoms with Gasteiger partial charge in [-0.15, -0.1) is 0 Å². The lowest BCUT2D eigenvalue weighted by Crippen LogP contribution is -2.59. The van der Waals surface area contributed by atoms with Crippen molar-refractivity contribution in [1.29, 1.82) is 0 Å². The summed E-state index contributed by atoms with van der Waals surface area (Å²) in [5.41, 5.74) is 0. The van der Waals surface area contributed by atoms with Crippen LogP contribution in [0.1, 0.15) is 12.8 Å². The molecule has 166 valence electrons. The van der Waals surface area contributed by atoms with E-state index >= 15 is 0 Å². The van der Waals surface area contributed by atoms with Crippen LogP contribution < -0.4 is 0 Å². The number of halogens is 12. The molecular formula is C12H10F12O4. The van der Waals surface area contributed by atoms with Gasteiger partial charge in [0.15, 0.2) is 13.2 Å². The molecule has 4 nitrogen and oxygen atoms in total. The summed E-state index contributed by atoms with van der Waals surface area (Å²) in [6.07, 6.45) is -11.9. The van der Waals surface area contributed by atoms with Crippen LogP contribution >= 0.6 is 0 Å². The molecule has 0 aromatic heterocycles. The Morgan fingerprint density at radius 3 is 1.43 bits per heavy atom. The van der Waals surface area contributed by atoms with E-state index in [2.05, 4.69) is 9.47 Å². The van der Waals surface area contributed by atoms with Gasteiger partial charge in [-0.2, -0.15) is 35.1 Å². The molecule has 0 aliphatic heterocycles. The van der Waals surface area contributed by atoms with Crippen molar-refractivity contribution in [3.63, 3.8) is 0 Å². The van der Waals surface area contributed by atoms with Crippen molar-refractivity contribution in [2.24, 2.45) is 0 Å². The van der Waals surface area contributed by atoms with Crippen LogP contribution in [0.5, 0.6) is 0 Å². The maximum absolute atomic E-state index is 13.1. The zero-order valence-corrected chi connectivity index (χ0v) is 13.2. The van der Waals surface area contributed by atoms with Gasteiger partial charge < -0.3 is 9.47 Å². The van der Waals surface area contributed by atoms with Gasteiger partial charge in [0.05, 0.1) is 12.8 Å². The summed E-state index contributed by atoms with van der Waals surface area (Å²) in [6, 6.07) is 0. The van der Waals surface area contributed by atoms with E-state index in [1.165, 1.54) is 0 Å². The number of esters is 2. The Bertz CT molecular complexity index is 549. The first-order chi connectivity index (χ1) is 12.4. The number of carbonyl (C=O) groups is 2. The van der Waals surface area contributed by atoms with Crippen LogP contribution in [0.4, 0.5) is 52.7 Å². The number of hydrogen-bond acceptors (Lipinski definition) is 4. The highest BCUT2D eigenvalue weighted by atomic mass is 19.4. The van der Waals surface area contributed by atoms with Crippen molar-refractivity contribution >= 4 is 11.9 Å². The van der Waals surface area contributed by atoms with Gasteiger partial charge in [-0.25, -0.2) is 17.6 Å². The molecule has 0 heterocycles. The molecule has 0 N–H and O–H groups in total. The second-order valence-corrected chi connectivity index (χ2v) is 5.09. The van der Waals surface area contributed by atoms with Gasteiger partial charge in [-0.3, -0.25) is 9.59 Å². The Kier molecular flexibility index (Phi) is 8.45. The average molecular weight is 446 g/mol. The molecule has 0 atom stereocenters. The molecule has 0 bridgehead atoms. The van der Waals surface area contributed by atoms with Crippen LogP contribution in [0.15, 0.2) is 0 Å². The summed E-state index contributed by atoms with van der Waals surface area (Å²) in [7, 11) is 0. The summed E-state index contributed by atoms with van der Waals surface area (Å²) in [5.74, 6) is -27.4. The van der Waals surface area contributed by atoms with Crippen LogP contribution in [-0.2, 0) is 19.1 Å². The lowest BCUT2D eigenvalue weighted by Gasteiger charge is -2.31. The second kappa shape index (κ2) is 9.07. The SMILES string of the molecule is O=C(CCC(=O)OCC(F)(F)C(F)(F)C(F)(F)C(F)F)OCC(F)(F)C(F)F. The van der Waals surface area contributed by atoms with E-state index in [1.54, 1.807) is 0 Å². The molecule has 0 amide bonds. The maximum atomic E-state index is 13.1. The fourth-order valence-electron chi connectivity index (χ4n) is 1.23. The monoisotopic (exact) mass is 446 g/mol. The maximum Gasteiger partial charge on any atom is 0.381 e. The Labute approximate surface area is 147 Å². The Balaban J connectivity index is 4.61. The minimum absolute atomic E-state index is 1.21. The highest BCUT2D eigenvalue weighted by Gasteiger charge is 2.75. The largest absolute Gasteiger partial charge is 0.459 e. The highest BCUT2D eigenvalue weighted by Crippen LogP contribution is 2.48. The topological polar surface area (TPSA) is 52.6 Å². The van der Waals surface area contributed by atoms with Crippen LogP contribution in [0, 0.1) is 0 Å². The molecule has 28 heavy (non-hydrogen) atoms. The van der Waals surface area contributed by atoms with Crippen molar-refractivity contribution in [3.8, 4) is 0 Å². The predicted octanol–water partition coefficient (Wildman–Crippen LogP) is 3.92. The van der Waals surface area contributed by atoms with E-state index in [9.17, 15) is 62.3 Å². The van der Waals surface area contributed by atoms with Crippen molar-refractivity contribution in [2.45, 2.75) is 49.4 Å². The first kappa shape index (κ1) is 26.1. The number of ether oxygens (including phenoxy) is 2. The van der Waals surface area contributed by atoms with E-state index < -0.39 is 74.5 Å². The number of hydrogen-bond donors (Lipinski definition) is 0. The first-order valence-electron chi connectivity index (χ1n) is 6.77. The second-order valence-electron chi connectivity index (χ2n) is 5.09. The molecule has 0 rings (SSSR count). The van der Waals surface area contributed by atoms with Gasteiger partial charge in [-0.1, -0.05) is 0 Å². The Hall–Kier alpha value is -1.90. The van der Waals surface area contributed by atoms with Gasteiger partial charge in [0.1, 0.15) is 0 Å². The Morgan fingerprint density at radius 2 is 1.07 bits per heavy atom. The van der Waals surface area contributed by atoms with Crippen LogP contribution in [-0.4, -0.2) is 61.7 Å². The minimum atomic E-state index is -6.62. The molecule has 0 aliphatic carbocycles. The van der Waals surface area contributed by atoms with E-state index in [0.29, 0.717) is 0 Å².